The zero-order valence-electron chi connectivity index (χ0n) is 13.8. The standard InChI is InChI=1S/C18H15BrN2O5/c1-25-9-2-3-13-10(6-9)11-7-21(8-12(18(23)24)16(11)20-13)17(22)14-4-5-15(19)26-14/h2-6,12,20H,7-8H2,1H3,(H,23,24). The normalized spacial score (nSPS) is 16.5. The summed E-state index contributed by atoms with van der Waals surface area (Å²) in [6, 6.07) is 8.70. The van der Waals surface area contributed by atoms with E-state index in [2.05, 4.69) is 20.9 Å². The van der Waals surface area contributed by atoms with Gasteiger partial charge in [0.25, 0.3) is 5.91 Å². The van der Waals surface area contributed by atoms with Gasteiger partial charge in [-0.1, -0.05) is 0 Å². The SMILES string of the molecule is COc1ccc2[nH]c3c(c2c1)CN(C(=O)c1ccc(Br)o1)CC3C(=O)O. The minimum atomic E-state index is -0.983. The predicted octanol–water partition coefficient (Wildman–Crippen LogP) is 3.36. The monoisotopic (exact) mass is 418 g/mol. The number of rotatable bonds is 3. The minimum Gasteiger partial charge on any atom is -0.497 e. The second-order valence-electron chi connectivity index (χ2n) is 6.11. The number of carboxylic acid groups (broad SMARTS) is 1. The van der Waals surface area contributed by atoms with E-state index in [9.17, 15) is 14.7 Å². The fourth-order valence-corrected chi connectivity index (χ4v) is 3.66. The third kappa shape index (κ3) is 2.66. The zero-order valence-corrected chi connectivity index (χ0v) is 15.4. The molecule has 0 fully saturated rings. The van der Waals surface area contributed by atoms with Crippen molar-refractivity contribution in [2.24, 2.45) is 0 Å². The molecule has 0 aliphatic carbocycles. The Labute approximate surface area is 156 Å². The predicted molar refractivity (Wildman–Crippen MR) is 96.4 cm³/mol. The number of halogens is 1. The smallest absolute Gasteiger partial charge is 0.314 e. The summed E-state index contributed by atoms with van der Waals surface area (Å²) in [5.41, 5.74) is 2.24. The van der Waals surface area contributed by atoms with Crippen LogP contribution < -0.4 is 4.74 Å². The van der Waals surface area contributed by atoms with Crippen LogP contribution in [-0.2, 0) is 11.3 Å². The van der Waals surface area contributed by atoms with Gasteiger partial charge in [-0.05, 0) is 46.3 Å². The topological polar surface area (TPSA) is 95.8 Å². The van der Waals surface area contributed by atoms with Gasteiger partial charge in [0.15, 0.2) is 10.4 Å². The highest BCUT2D eigenvalue weighted by Crippen LogP contribution is 2.36. The Kier molecular flexibility index (Phi) is 3.99. The third-order valence-electron chi connectivity index (χ3n) is 4.62. The van der Waals surface area contributed by atoms with Gasteiger partial charge in [-0.15, -0.1) is 0 Å². The first-order valence-corrected chi connectivity index (χ1v) is 8.73. The summed E-state index contributed by atoms with van der Waals surface area (Å²) in [5, 5.41) is 10.5. The van der Waals surface area contributed by atoms with Crippen LogP contribution in [0.4, 0.5) is 0 Å². The molecule has 2 N–H and O–H groups in total. The summed E-state index contributed by atoms with van der Waals surface area (Å²) in [4.78, 5) is 29.3. The lowest BCUT2D eigenvalue weighted by Gasteiger charge is -2.30. The lowest BCUT2D eigenvalue weighted by Crippen LogP contribution is -2.40. The van der Waals surface area contributed by atoms with Gasteiger partial charge >= 0.3 is 5.97 Å². The molecule has 0 saturated carbocycles. The van der Waals surface area contributed by atoms with Crippen LogP contribution in [0.15, 0.2) is 39.4 Å². The van der Waals surface area contributed by atoms with Gasteiger partial charge in [0.2, 0.25) is 0 Å². The number of nitrogens with one attached hydrogen (secondary N) is 1. The van der Waals surface area contributed by atoms with Crippen LogP contribution in [0, 0.1) is 0 Å². The number of aromatic amines is 1. The molecule has 0 bridgehead atoms. The highest BCUT2D eigenvalue weighted by atomic mass is 79.9. The van der Waals surface area contributed by atoms with Crippen molar-refractivity contribution in [2.45, 2.75) is 12.5 Å². The molecule has 1 aliphatic rings. The molecule has 1 amide bonds. The Morgan fingerprint density at radius 2 is 2.15 bits per heavy atom. The number of furan rings is 1. The largest absolute Gasteiger partial charge is 0.497 e. The molecule has 4 rings (SSSR count). The summed E-state index contributed by atoms with van der Waals surface area (Å²) < 4.78 is 11.1. The van der Waals surface area contributed by atoms with E-state index in [1.54, 1.807) is 19.2 Å². The Balaban J connectivity index is 1.80. The number of hydrogen-bond acceptors (Lipinski definition) is 4. The highest BCUT2D eigenvalue weighted by Gasteiger charge is 2.36. The number of benzene rings is 1. The van der Waals surface area contributed by atoms with Crippen LogP contribution in [-0.4, -0.2) is 40.5 Å². The first kappa shape index (κ1) is 16.7. The Bertz CT molecular complexity index is 1020. The maximum atomic E-state index is 12.8. The summed E-state index contributed by atoms with van der Waals surface area (Å²) in [7, 11) is 1.57. The molecule has 1 unspecified atom stereocenters. The van der Waals surface area contributed by atoms with E-state index in [-0.39, 0.29) is 18.2 Å². The lowest BCUT2D eigenvalue weighted by atomic mass is 9.94. The molecular weight excluding hydrogens is 404 g/mol. The molecule has 0 spiro atoms. The number of amides is 1. The van der Waals surface area contributed by atoms with Crippen LogP contribution >= 0.6 is 15.9 Å². The molecule has 7 nitrogen and oxygen atoms in total. The first-order chi connectivity index (χ1) is 12.5. The van der Waals surface area contributed by atoms with Crippen molar-refractivity contribution in [3.63, 3.8) is 0 Å². The number of carbonyl (C=O) groups is 2. The number of H-pyrrole nitrogens is 1. The fraction of sp³-hybridized carbons (Fsp3) is 0.222. The van der Waals surface area contributed by atoms with E-state index in [0.717, 1.165) is 16.5 Å². The zero-order chi connectivity index (χ0) is 18.4. The minimum absolute atomic E-state index is 0.0729. The number of fused-ring (bicyclic) bond motifs is 3. The number of aromatic nitrogens is 1. The maximum Gasteiger partial charge on any atom is 0.314 e. The van der Waals surface area contributed by atoms with E-state index < -0.39 is 11.9 Å². The second kappa shape index (κ2) is 6.21. The van der Waals surface area contributed by atoms with Crippen LogP contribution in [0.3, 0.4) is 0 Å². The highest BCUT2D eigenvalue weighted by molar-refractivity contribution is 9.10. The summed E-state index contributed by atoms with van der Waals surface area (Å²) in [6.07, 6.45) is 0. The number of carboxylic acids is 1. The fourth-order valence-electron chi connectivity index (χ4n) is 3.35. The molecule has 8 heteroatoms. The van der Waals surface area contributed by atoms with Crippen molar-refractivity contribution in [3.8, 4) is 5.75 Å². The Morgan fingerprint density at radius 3 is 2.81 bits per heavy atom. The van der Waals surface area contributed by atoms with Crippen LogP contribution in [0.25, 0.3) is 10.9 Å². The first-order valence-electron chi connectivity index (χ1n) is 7.94. The number of carbonyl (C=O) groups excluding carboxylic acids is 1. The summed E-state index contributed by atoms with van der Waals surface area (Å²) in [6.45, 7) is 0.368. The molecule has 3 aromatic rings. The molecule has 0 saturated heterocycles. The van der Waals surface area contributed by atoms with Gasteiger partial charge in [0.1, 0.15) is 11.7 Å². The van der Waals surface area contributed by atoms with Crippen molar-refractivity contribution in [1.82, 2.24) is 9.88 Å². The molecule has 1 aromatic carbocycles. The average Bonchev–Trinajstić information content (AvgIpc) is 3.23. The number of methoxy groups -OCH3 is 1. The van der Waals surface area contributed by atoms with Gasteiger partial charge in [0, 0.05) is 35.2 Å². The van der Waals surface area contributed by atoms with Crippen molar-refractivity contribution in [3.05, 3.63) is 52.0 Å². The number of ether oxygens (including phenoxy) is 1. The molecule has 1 aliphatic heterocycles. The molecule has 26 heavy (non-hydrogen) atoms. The Morgan fingerprint density at radius 1 is 1.35 bits per heavy atom. The third-order valence-corrected chi connectivity index (χ3v) is 5.04. The molecule has 2 aromatic heterocycles. The molecular formula is C18H15BrN2O5. The second-order valence-corrected chi connectivity index (χ2v) is 6.89. The molecule has 3 heterocycles. The van der Waals surface area contributed by atoms with Crippen molar-refractivity contribution < 1.29 is 23.8 Å². The van der Waals surface area contributed by atoms with E-state index in [1.165, 1.54) is 4.90 Å². The van der Waals surface area contributed by atoms with Gasteiger partial charge in [-0.25, -0.2) is 0 Å². The van der Waals surface area contributed by atoms with E-state index >= 15 is 0 Å². The van der Waals surface area contributed by atoms with Gasteiger partial charge < -0.3 is 24.1 Å². The van der Waals surface area contributed by atoms with E-state index in [4.69, 9.17) is 9.15 Å². The maximum absolute atomic E-state index is 12.8. The van der Waals surface area contributed by atoms with Crippen LogP contribution in [0.5, 0.6) is 5.75 Å². The number of aliphatic carboxylic acids is 1. The van der Waals surface area contributed by atoms with Gasteiger partial charge in [-0.2, -0.15) is 0 Å². The van der Waals surface area contributed by atoms with Crippen LogP contribution in [0.2, 0.25) is 0 Å². The average molecular weight is 419 g/mol. The van der Waals surface area contributed by atoms with Gasteiger partial charge in [0.05, 0.1) is 7.11 Å². The summed E-state index contributed by atoms with van der Waals surface area (Å²) >= 11 is 3.18. The van der Waals surface area contributed by atoms with Gasteiger partial charge in [-0.3, -0.25) is 9.59 Å². The van der Waals surface area contributed by atoms with E-state index in [1.807, 2.05) is 18.2 Å². The Hall–Kier alpha value is -2.74. The van der Waals surface area contributed by atoms with Crippen molar-refractivity contribution in [1.29, 1.82) is 0 Å². The number of nitrogens with zero attached hydrogens (tertiary/aromatic N) is 1. The molecule has 0 radical (unpaired) electrons. The molecule has 1 atom stereocenters. The van der Waals surface area contributed by atoms with Crippen molar-refractivity contribution in [2.75, 3.05) is 13.7 Å². The summed E-state index contributed by atoms with van der Waals surface area (Å²) in [5.74, 6) is -1.32. The van der Waals surface area contributed by atoms with Crippen LogP contribution in [0.1, 0.15) is 27.7 Å². The quantitative estimate of drug-likeness (QED) is 0.679. The van der Waals surface area contributed by atoms with E-state index in [0.29, 0.717) is 22.7 Å². The molecule has 134 valence electrons. The number of hydrogen-bond donors (Lipinski definition) is 2. The van der Waals surface area contributed by atoms with Crippen molar-refractivity contribution >= 4 is 38.7 Å². The lowest BCUT2D eigenvalue weighted by molar-refractivity contribution is -0.139.